The molecule has 6 rings (SSSR count). The molecule has 210 valence electrons. The average molecular weight is 545 g/mol. The van der Waals surface area contributed by atoms with E-state index in [1.807, 2.05) is 74.5 Å². The standard InChI is InChI=1S/C33H36O7/c1-32(2)37-23-33(40-32)31(35-21-25-15-17-27(18-16-25)26-12-7-4-8-13-26)30-28(22-36-33)38-29(39-30)14-9-19-34-20-24-10-5-3-6-11-24/h3-18,28-31H,19-23H2,1-2H3/b14-9+/t28-,29+,30-,31+,33+/m1/s1. The average Bonchev–Trinajstić information content (AvgIpc) is 3.53. The van der Waals surface area contributed by atoms with Gasteiger partial charge in [0.25, 0.3) is 0 Å². The fourth-order valence-electron chi connectivity index (χ4n) is 5.35. The fraction of sp³-hybridized carbons (Fsp3) is 0.394. The highest BCUT2D eigenvalue weighted by molar-refractivity contribution is 5.63. The first-order valence-electron chi connectivity index (χ1n) is 13.8. The molecule has 0 amide bonds. The van der Waals surface area contributed by atoms with Gasteiger partial charge < -0.3 is 33.2 Å². The van der Waals surface area contributed by atoms with Crippen LogP contribution in [0.25, 0.3) is 11.1 Å². The lowest BCUT2D eigenvalue weighted by Crippen LogP contribution is -2.62. The summed E-state index contributed by atoms with van der Waals surface area (Å²) in [5.41, 5.74) is 4.51. The highest BCUT2D eigenvalue weighted by atomic mass is 16.9. The fourth-order valence-corrected chi connectivity index (χ4v) is 5.35. The number of rotatable bonds is 9. The van der Waals surface area contributed by atoms with Crippen molar-refractivity contribution < 1.29 is 33.2 Å². The Kier molecular flexibility index (Phi) is 8.14. The largest absolute Gasteiger partial charge is 0.373 e. The number of fused-ring (bicyclic) bond motifs is 1. The molecule has 1 spiro atoms. The lowest BCUT2D eigenvalue weighted by molar-refractivity contribution is -0.335. The molecule has 40 heavy (non-hydrogen) atoms. The molecule has 0 unspecified atom stereocenters. The lowest BCUT2D eigenvalue weighted by Gasteiger charge is -2.43. The summed E-state index contributed by atoms with van der Waals surface area (Å²) in [6.07, 6.45) is 2.06. The van der Waals surface area contributed by atoms with E-state index < -0.39 is 24.0 Å². The van der Waals surface area contributed by atoms with Gasteiger partial charge in [0, 0.05) is 0 Å². The van der Waals surface area contributed by atoms with E-state index in [1.165, 1.54) is 5.56 Å². The molecule has 3 saturated heterocycles. The van der Waals surface area contributed by atoms with Gasteiger partial charge in [-0.25, -0.2) is 0 Å². The maximum atomic E-state index is 6.52. The van der Waals surface area contributed by atoms with Gasteiger partial charge in [0.1, 0.15) is 24.9 Å². The van der Waals surface area contributed by atoms with Crippen molar-refractivity contribution in [2.75, 3.05) is 19.8 Å². The molecular formula is C33H36O7. The third kappa shape index (κ3) is 6.21. The number of hydrogen-bond donors (Lipinski definition) is 0. The molecule has 0 saturated carbocycles. The van der Waals surface area contributed by atoms with Crippen LogP contribution in [-0.2, 0) is 46.4 Å². The van der Waals surface area contributed by atoms with Gasteiger partial charge in [-0.05, 0) is 42.2 Å². The van der Waals surface area contributed by atoms with Gasteiger partial charge in [-0.2, -0.15) is 0 Å². The van der Waals surface area contributed by atoms with Crippen molar-refractivity contribution in [2.45, 2.75) is 63.2 Å². The maximum absolute atomic E-state index is 6.52. The molecule has 3 aliphatic rings. The van der Waals surface area contributed by atoms with Crippen LogP contribution in [0.2, 0.25) is 0 Å². The minimum Gasteiger partial charge on any atom is -0.373 e. The van der Waals surface area contributed by atoms with E-state index in [4.69, 9.17) is 33.2 Å². The van der Waals surface area contributed by atoms with Crippen LogP contribution in [0.4, 0.5) is 0 Å². The molecule has 0 bridgehead atoms. The van der Waals surface area contributed by atoms with E-state index in [0.717, 1.165) is 16.7 Å². The van der Waals surface area contributed by atoms with Crippen molar-refractivity contribution in [1.82, 2.24) is 0 Å². The van der Waals surface area contributed by atoms with E-state index in [9.17, 15) is 0 Å². The van der Waals surface area contributed by atoms with Gasteiger partial charge in [-0.3, -0.25) is 0 Å². The molecule has 3 fully saturated rings. The molecule has 3 aromatic carbocycles. The summed E-state index contributed by atoms with van der Waals surface area (Å²) in [5, 5.41) is 0. The quantitative estimate of drug-likeness (QED) is 0.256. The third-order valence-electron chi connectivity index (χ3n) is 7.34. The zero-order chi connectivity index (χ0) is 27.4. The summed E-state index contributed by atoms with van der Waals surface area (Å²) in [6.45, 7) is 5.71. The summed E-state index contributed by atoms with van der Waals surface area (Å²) in [5.74, 6) is -1.87. The molecule has 7 nitrogen and oxygen atoms in total. The van der Waals surface area contributed by atoms with Gasteiger partial charge in [0.15, 0.2) is 12.1 Å². The first-order chi connectivity index (χ1) is 19.5. The van der Waals surface area contributed by atoms with Crippen molar-refractivity contribution >= 4 is 0 Å². The highest BCUT2D eigenvalue weighted by Crippen LogP contribution is 2.43. The van der Waals surface area contributed by atoms with Crippen LogP contribution in [0.5, 0.6) is 0 Å². The lowest BCUT2D eigenvalue weighted by atomic mass is 9.97. The third-order valence-corrected chi connectivity index (χ3v) is 7.34. The van der Waals surface area contributed by atoms with E-state index in [2.05, 4.69) is 36.4 Å². The monoisotopic (exact) mass is 544 g/mol. The smallest absolute Gasteiger partial charge is 0.224 e. The van der Waals surface area contributed by atoms with Crippen LogP contribution in [-0.4, -0.2) is 56.0 Å². The van der Waals surface area contributed by atoms with E-state index in [1.54, 1.807) is 0 Å². The van der Waals surface area contributed by atoms with Gasteiger partial charge in [-0.1, -0.05) is 91.0 Å². The summed E-state index contributed by atoms with van der Waals surface area (Å²) in [6, 6.07) is 28.8. The summed E-state index contributed by atoms with van der Waals surface area (Å²) < 4.78 is 43.3. The Morgan fingerprint density at radius 2 is 1.50 bits per heavy atom. The number of hydrogen-bond acceptors (Lipinski definition) is 7. The Morgan fingerprint density at radius 1 is 0.800 bits per heavy atom. The molecular weight excluding hydrogens is 508 g/mol. The van der Waals surface area contributed by atoms with E-state index in [-0.39, 0.29) is 18.8 Å². The Morgan fingerprint density at radius 3 is 2.23 bits per heavy atom. The van der Waals surface area contributed by atoms with Crippen LogP contribution in [0.1, 0.15) is 25.0 Å². The molecule has 0 aromatic heterocycles. The first kappa shape index (κ1) is 27.3. The summed E-state index contributed by atoms with van der Waals surface area (Å²) >= 11 is 0. The SMILES string of the molecule is CC1(C)OC[C@]2(OC[C@H]3O[C@H](/C=C/COCc4ccccc4)O[C@H]3[C@@H]2OCc2ccc(-c3ccccc3)cc2)O1. The van der Waals surface area contributed by atoms with Crippen LogP contribution < -0.4 is 0 Å². The second-order valence-corrected chi connectivity index (χ2v) is 10.8. The minimum absolute atomic E-state index is 0.248. The molecule has 3 heterocycles. The summed E-state index contributed by atoms with van der Waals surface area (Å²) in [4.78, 5) is 0. The number of benzene rings is 3. The van der Waals surface area contributed by atoms with Crippen molar-refractivity contribution in [3.63, 3.8) is 0 Å². The Labute approximate surface area is 235 Å². The molecule has 3 aliphatic heterocycles. The number of ether oxygens (including phenoxy) is 7. The second-order valence-electron chi connectivity index (χ2n) is 10.8. The van der Waals surface area contributed by atoms with Crippen LogP contribution in [0.15, 0.2) is 97.1 Å². The normalized spacial score (nSPS) is 29.2. The first-order valence-corrected chi connectivity index (χ1v) is 13.8. The Balaban J connectivity index is 1.10. The van der Waals surface area contributed by atoms with Gasteiger partial charge in [0.05, 0.1) is 26.4 Å². The van der Waals surface area contributed by atoms with Crippen molar-refractivity contribution in [1.29, 1.82) is 0 Å². The Hall–Kier alpha value is -2.88. The van der Waals surface area contributed by atoms with Crippen molar-refractivity contribution in [3.05, 3.63) is 108 Å². The second kappa shape index (κ2) is 11.9. The van der Waals surface area contributed by atoms with Crippen LogP contribution in [0, 0.1) is 0 Å². The molecule has 0 N–H and O–H groups in total. The predicted molar refractivity (Wildman–Crippen MR) is 149 cm³/mol. The minimum atomic E-state index is -1.07. The van der Waals surface area contributed by atoms with Gasteiger partial charge >= 0.3 is 0 Å². The molecule has 7 heteroatoms. The molecule has 5 atom stereocenters. The topological polar surface area (TPSA) is 64.6 Å². The van der Waals surface area contributed by atoms with Gasteiger partial charge in [-0.15, -0.1) is 0 Å². The van der Waals surface area contributed by atoms with E-state index >= 15 is 0 Å². The van der Waals surface area contributed by atoms with Crippen molar-refractivity contribution in [2.24, 2.45) is 0 Å². The van der Waals surface area contributed by atoms with Crippen molar-refractivity contribution in [3.8, 4) is 11.1 Å². The van der Waals surface area contributed by atoms with Gasteiger partial charge in [0.2, 0.25) is 5.79 Å². The predicted octanol–water partition coefficient (Wildman–Crippen LogP) is 5.63. The molecule has 0 aliphatic carbocycles. The van der Waals surface area contributed by atoms with E-state index in [0.29, 0.717) is 26.4 Å². The Bertz CT molecular complexity index is 1260. The summed E-state index contributed by atoms with van der Waals surface area (Å²) in [7, 11) is 0. The zero-order valence-electron chi connectivity index (χ0n) is 22.9. The molecule has 3 aromatic rings. The zero-order valence-corrected chi connectivity index (χ0v) is 22.9. The van der Waals surface area contributed by atoms with Crippen LogP contribution in [0.3, 0.4) is 0 Å². The maximum Gasteiger partial charge on any atom is 0.224 e. The van der Waals surface area contributed by atoms with Crippen LogP contribution >= 0.6 is 0 Å². The highest BCUT2D eigenvalue weighted by Gasteiger charge is 2.62. The molecule has 0 radical (unpaired) electrons.